The van der Waals surface area contributed by atoms with Gasteiger partial charge in [0.2, 0.25) is 0 Å². The molecule has 0 radical (unpaired) electrons. The Morgan fingerprint density at radius 1 is 1.15 bits per heavy atom. The molecule has 2 aromatic rings. The van der Waals surface area contributed by atoms with Gasteiger partial charge in [-0.2, -0.15) is 4.98 Å². The molecule has 0 aliphatic carbocycles. The van der Waals surface area contributed by atoms with Gasteiger partial charge >= 0.3 is 0 Å². The number of ether oxygens (including phenoxy) is 1. The van der Waals surface area contributed by atoms with Crippen molar-refractivity contribution in [2.24, 2.45) is 0 Å². The molecule has 0 saturated heterocycles. The van der Waals surface area contributed by atoms with Crippen LogP contribution in [-0.2, 0) is 0 Å². The highest BCUT2D eigenvalue weighted by atomic mass is 35.5. The Kier molecular flexibility index (Phi) is 4.62. The fraction of sp³-hybridized carbons (Fsp3) is 0.154. The summed E-state index contributed by atoms with van der Waals surface area (Å²) in [6.45, 7) is 2.21. The first-order valence-electron chi connectivity index (χ1n) is 5.74. The maximum Gasteiger partial charge on any atom is 0.258 e. The Bertz CT molecular complexity index is 638. The van der Waals surface area contributed by atoms with Crippen LogP contribution in [0.25, 0.3) is 0 Å². The molecule has 106 valence electrons. The van der Waals surface area contributed by atoms with Crippen LogP contribution >= 0.6 is 23.2 Å². The summed E-state index contributed by atoms with van der Waals surface area (Å²) in [5.41, 5.74) is 0. The van der Waals surface area contributed by atoms with Crippen LogP contribution < -0.4 is 10.1 Å². The Labute approximate surface area is 124 Å². The Balaban J connectivity index is 2.32. The molecule has 0 fully saturated rings. The zero-order valence-electron chi connectivity index (χ0n) is 10.4. The second-order valence-corrected chi connectivity index (χ2v) is 4.63. The van der Waals surface area contributed by atoms with Crippen molar-refractivity contribution in [3.8, 4) is 11.6 Å². The highest BCUT2D eigenvalue weighted by Crippen LogP contribution is 2.30. The van der Waals surface area contributed by atoms with E-state index in [1.54, 1.807) is 6.92 Å². The molecule has 2 rings (SSSR count). The van der Waals surface area contributed by atoms with Gasteiger partial charge in [0, 0.05) is 18.7 Å². The molecule has 3 nitrogen and oxygen atoms in total. The highest BCUT2D eigenvalue weighted by molar-refractivity contribution is 6.42. The minimum Gasteiger partial charge on any atom is -0.436 e. The Morgan fingerprint density at radius 2 is 1.90 bits per heavy atom. The molecule has 0 bridgehead atoms. The van der Waals surface area contributed by atoms with Crippen molar-refractivity contribution in [3.63, 3.8) is 0 Å². The van der Waals surface area contributed by atoms with Gasteiger partial charge in [-0.1, -0.05) is 23.2 Å². The van der Waals surface area contributed by atoms with Gasteiger partial charge in [-0.05, 0) is 19.1 Å². The Hall–Kier alpha value is -1.59. The van der Waals surface area contributed by atoms with Crippen LogP contribution in [0.15, 0.2) is 24.3 Å². The summed E-state index contributed by atoms with van der Waals surface area (Å²) < 4.78 is 32.3. The van der Waals surface area contributed by atoms with E-state index in [0.29, 0.717) is 17.6 Å². The zero-order valence-corrected chi connectivity index (χ0v) is 11.9. The van der Waals surface area contributed by atoms with Gasteiger partial charge in [-0.3, -0.25) is 0 Å². The van der Waals surface area contributed by atoms with Crippen LogP contribution in [0.3, 0.4) is 0 Å². The number of hydrogen-bond acceptors (Lipinski definition) is 3. The zero-order chi connectivity index (χ0) is 14.7. The average molecular weight is 319 g/mol. The van der Waals surface area contributed by atoms with Crippen molar-refractivity contribution in [1.82, 2.24) is 4.98 Å². The SMILES string of the molecule is CCNc1nc(Oc2ccc(Cl)c(Cl)c2)c(F)cc1F. The van der Waals surface area contributed by atoms with Gasteiger partial charge in [-0.15, -0.1) is 0 Å². The van der Waals surface area contributed by atoms with Crippen LogP contribution in [0.5, 0.6) is 11.6 Å². The number of nitrogens with one attached hydrogen (secondary N) is 1. The van der Waals surface area contributed by atoms with E-state index in [0.717, 1.165) is 0 Å². The number of rotatable bonds is 4. The summed E-state index contributed by atoms with van der Waals surface area (Å²) in [6.07, 6.45) is 0. The lowest BCUT2D eigenvalue weighted by Gasteiger charge is -2.10. The molecule has 1 aromatic heterocycles. The predicted octanol–water partition coefficient (Wildman–Crippen LogP) is 4.89. The molecule has 0 atom stereocenters. The van der Waals surface area contributed by atoms with Crippen molar-refractivity contribution in [2.45, 2.75) is 6.92 Å². The quantitative estimate of drug-likeness (QED) is 0.871. The molecule has 7 heteroatoms. The first-order valence-corrected chi connectivity index (χ1v) is 6.49. The normalized spacial score (nSPS) is 10.4. The second-order valence-electron chi connectivity index (χ2n) is 3.81. The van der Waals surface area contributed by atoms with Gasteiger partial charge in [0.05, 0.1) is 10.0 Å². The molecule has 1 N–H and O–H groups in total. The minimum absolute atomic E-state index is 0.0797. The summed E-state index contributed by atoms with van der Waals surface area (Å²) in [5.74, 6) is -1.87. The standard InChI is InChI=1S/C13H10Cl2F2N2O/c1-2-18-12-10(16)6-11(17)13(19-12)20-7-3-4-8(14)9(15)5-7/h3-6H,2H2,1H3,(H,18,19). The number of pyridine rings is 1. The fourth-order valence-electron chi connectivity index (χ4n) is 1.46. The van der Waals surface area contributed by atoms with Crippen molar-refractivity contribution < 1.29 is 13.5 Å². The lowest BCUT2D eigenvalue weighted by molar-refractivity contribution is 0.418. The summed E-state index contributed by atoms with van der Waals surface area (Å²) in [4.78, 5) is 3.75. The summed E-state index contributed by atoms with van der Waals surface area (Å²) in [6, 6.07) is 5.14. The molecule has 1 heterocycles. The van der Waals surface area contributed by atoms with E-state index in [4.69, 9.17) is 27.9 Å². The second kappa shape index (κ2) is 6.24. The first kappa shape index (κ1) is 14.8. The van der Waals surface area contributed by atoms with Gasteiger partial charge in [-0.25, -0.2) is 8.78 Å². The molecule has 0 spiro atoms. The molecular formula is C13H10Cl2F2N2O. The molecule has 0 unspecified atom stereocenters. The van der Waals surface area contributed by atoms with E-state index in [2.05, 4.69) is 10.3 Å². The van der Waals surface area contributed by atoms with E-state index >= 15 is 0 Å². The summed E-state index contributed by atoms with van der Waals surface area (Å²) in [7, 11) is 0. The van der Waals surface area contributed by atoms with Crippen LogP contribution in [0, 0.1) is 11.6 Å². The van der Waals surface area contributed by atoms with Crippen LogP contribution in [0.2, 0.25) is 10.0 Å². The predicted molar refractivity (Wildman–Crippen MR) is 74.9 cm³/mol. The van der Waals surface area contributed by atoms with Crippen LogP contribution in [0.4, 0.5) is 14.6 Å². The van der Waals surface area contributed by atoms with Gasteiger partial charge < -0.3 is 10.1 Å². The summed E-state index contributed by atoms with van der Waals surface area (Å²) in [5, 5.41) is 3.28. The third kappa shape index (κ3) is 3.29. The van der Waals surface area contributed by atoms with Crippen LogP contribution in [0.1, 0.15) is 6.92 Å². The van der Waals surface area contributed by atoms with E-state index in [-0.39, 0.29) is 22.5 Å². The number of halogens is 4. The number of nitrogens with zero attached hydrogens (tertiary/aromatic N) is 1. The van der Waals surface area contributed by atoms with Gasteiger partial charge in [0.25, 0.3) is 5.88 Å². The van der Waals surface area contributed by atoms with E-state index in [1.165, 1.54) is 18.2 Å². The third-order valence-corrected chi connectivity index (χ3v) is 3.09. The van der Waals surface area contributed by atoms with Crippen molar-refractivity contribution in [1.29, 1.82) is 0 Å². The summed E-state index contributed by atoms with van der Waals surface area (Å²) >= 11 is 11.6. The largest absolute Gasteiger partial charge is 0.436 e. The first-order chi connectivity index (χ1) is 9.51. The minimum atomic E-state index is -0.907. The smallest absolute Gasteiger partial charge is 0.258 e. The molecule has 0 aliphatic heterocycles. The van der Waals surface area contributed by atoms with Crippen molar-refractivity contribution >= 4 is 29.0 Å². The number of aromatic nitrogens is 1. The fourth-order valence-corrected chi connectivity index (χ4v) is 1.75. The number of anilines is 1. The van der Waals surface area contributed by atoms with Crippen molar-refractivity contribution in [2.75, 3.05) is 11.9 Å². The Morgan fingerprint density at radius 3 is 2.55 bits per heavy atom. The van der Waals surface area contributed by atoms with Gasteiger partial charge in [0.15, 0.2) is 17.5 Å². The number of hydrogen-bond donors (Lipinski definition) is 1. The lowest BCUT2D eigenvalue weighted by Crippen LogP contribution is -2.04. The maximum atomic E-state index is 13.6. The average Bonchev–Trinajstić information content (AvgIpc) is 2.39. The van der Waals surface area contributed by atoms with Crippen LogP contribution in [-0.4, -0.2) is 11.5 Å². The molecule has 0 amide bonds. The molecule has 0 saturated carbocycles. The van der Waals surface area contributed by atoms with E-state index in [1.807, 2.05) is 0 Å². The van der Waals surface area contributed by atoms with Crippen molar-refractivity contribution in [3.05, 3.63) is 45.9 Å². The lowest BCUT2D eigenvalue weighted by atomic mass is 10.3. The molecule has 1 aromatic carbocycles. The third-order valence-electron chi connectivity index (χ3n) is 2.35. The van der Waals surface area contributed by atoms with Gasteiger partial charge in [0.1, 0.15) is 5.75 Å². The molecular weight excluding hydrogens is 309 g/mol. The molecule has 0 aliphatic rings. The maximum absolute atomic E-state index is 13.6. The molecule has 20 heavy (non-hydrogen) atoms. The topological polar surface area (TPSA) is 34.2 Å². The van der Waals surface area contributed by atoms with E-state index < -0.39 is 11.6 Å². The highest BCUT2D eigenvalue weighted by Gasteiger charge is 2.14. The van der Waals surface area contributed by atoms with E-state index in [9.17, 15) is 8.78 Å². The monoisotopic (exact) mass is 318 g/mol. The number of benzene rings is 1.